The summed E-state index contributed by atoms with van der Waals surface area (Å²) < 4.78 is 0.952. The number of aliphatic hydroxyl groups is 1. The number of halogens is 1. The summed E-state index contributed by atoms with van der Waals surface area (Å²) in [6.07, 6.45) is -0.247. The van der Waals surface area contributed by atoms with E-state index < -0.39 is 11.0 Å². The Morgan fingerprint density at radius 2 is 1.67 bits per heavy atom. The fraction of sp³-hybridized carbons (Fsp3) is 0.143. The fourth-order valence-corrected chi connectivity index (χ4v) is 3.18. The van der Waals surface area contributed by atoms with Gasteiger partial charge in [0, 0.05) is 28.7 Å². The number of nitrogens with one attached hydrogen (secondary N) is 1. The molecule has 2 unspecified atom stereocenters. The summed E-state index contributed by atoms with van der Waals surface area (Å²) in [5.74, 6) is 0. The maximum absolute atomic E-state index is 11.0. The summed E-state index contributed by atoms with van der Waals surface area (Å²) in [5, 5.41) is 25.1. The van der Waals surface area contributed by atoms with Gasteiger partial charge in [0.25, 0.3) is 5.69 Å². The molecule has 0 radical (unpaired) electrons. The van der Waals surface area contributed by atoms with Gasteiger partial charge < -0.3 is 10.4 Å². The lowest BCUT2D eigenvalue weighted by atomic mass is 9.96. The van der Waals surface area contributed by atoms with Crippen LogP contribution in [-0.4, -0.2) is 10.0 Å². The molecule has 0 saturated carbocycles. The monoisotopic (exact) mass is 426 g/mol. The minimum Gasteiger partial charge on any atom is -0.388 e. The third-order valence-corrected chi connectivity index (χ3v) is 4.84. The largest absolute Gasteiger partial charge is 0.388 e. The van der Waals surface area contributed by atoms with Crippen molar-refractivity contribution < 1.29 is 10.0 Å². The lowest BCUT2D eigenvalue weighted by Crippen LogP contribution is -2.15. The number of anilines is 1. The van der Waals surface area contributed by atoms with E-state index in [1.54, 1.807) is 12.1 Å². The van der Waals surface area contributed by atoms with Crippen LogP contribution in [0.1, 0.15) is 29.7 Å². The molecule has 0 spiro atoms. The summed E-state index contributed by atoms with van der Waals surface area (Å²) in [7, 11) is 0. The van der Waals surface area contributed by atoms with E-state index in [2.05, 4.69) is 21.2 Å². The quantitative estimate of drug-likeness (QED) is 0.378. The van der Waals surface area contributed by atoms with Crippen LogP contribution < -0.4 is 5.32 Å². The Bertz CT molecular complexity index is 901. The van der Waals surface area contributed by atoms with Crippen LogP contribution in [0.2, 0.25) is 0 Å². The molecule has 138 valence electrons. The maximum Gasteiger partial charge on any atom is 0.271 e. The van der Waals surface area contributed by atoms with Crippen molar-refractivity contribution in [2.45, 2.75) is 18.6 Å². The predicted octanol–water partition coefficient (Wildman–Crippen LogP) is 5.63. The number of aliphatic hydroxyl groups excluding tert-OH is 1. The first-order valence-electron chi connectivity index (χ1n) is 8.52. The van der Waals surface area contributed by atoms with E-state index in [1.165, 1.54) is 12.1 Å². The summed E-state index contributed by atoms with van der Waals surface area (Å²) in [6, 6.07) is 23.5. The number of rotatable bonds is 7. The van der Waals surface area contributed by atoms with Gasteiger partial charge in [0.1, 0.15) is 0 Å². The second kappa shape index (κ2) is 8.79. The topological polar surface area (TPSA) is 75.4 Å². The number of nitro benzene ring substituents is 1. The Morgan fingerprint density at radius 1 is 0.963 bits per heavy atom. The number of hydrogen-bond acceptors (Lipinski definition) is 4. The maximum atomic E-state index is 11.0. The van der Waals surface area contributed by atoms with Crippen molar-refractivity contribution >= 4 is 27.3 Å². The lowest BCUT2D eigenvalue weighted by Gasteiger charge is -2.23. The molecule has 6 heteroatoms. The first-order valence-corrected chi connectivity index (χ1v) is 9.31. The zero-order valence-corrected chi connectivity index (χ0v) is 16.0. The molecular weight excluding hydrogens is 408 g/mol. The Kier molecular flexibility index (Phi) is 6.21. The molecule has 0 aliphatic heterocycles. The summed E-state index contributed by atoms with van der Waals surface area (Å²) in [5.41, 5.74) is 2.49. The molecule has 0 aromatic heterocycles. The van der Waals surface area contributed by atoms with Crippen molar-refractivity contribution in [2.75, 3.05) is 5.32 Å². The zero-order chi connectivity index (χ0) is 19.2. The molecule has 0 bridgehead atoms. The molecule has 3 aromatic carbocycles. The van der Waals surface area contributed by atoms with E-state index in [-0.39, 0.29) is 11.7 Å². The number of benzene rings is 3. The van der Waals surface area contributed by atoms with E-state index in [0.29, 0.717) is 12.1 Å². The molecule has 5 nitrogen and oxygen atoms in total. The van der Waals surface area contributed by atoms with Crippen LogP contribution in [0.3, 0.4) is 0 Å². The molecule has 0 fully saturated rings. The van der Waals surface area contributed by atoms with Crippen molar-refractivity contribution in [1.82, 2.24) is 0 Å². The van der Waals surface area contributed by atoms with Gasteiger partial charge in [0.2, 0.25) is 0 Å². The molecular formula is C21H19BrN2O3. The van der Waals surface area contributed by atoms with Crippen molar-refractivity contribution in [3.05, 3.63) is 105 Å². The highest BCUT2D eigenvalue weighted by atomic mass is 79.9. The van der Waals surface area contributed by atoms with E-state index in [4.69, 9.17) is 0 Å². The highest BCUT2D eigenvalue weighted by molar-refractivity contribution is 9.10. The van der Waals surface area contributed by atoms with Crippen LogP contribution in [-0.2, 0) is 0 Å². The molecule has 0 saturated heterocycles. The Morgan fingerprint density at radius 3 is 2.33 bits per heavy atom. The third-order valence-electron chi connectivity index (χ3n) is 4.31. The van der Waals surface area contributed by atoms with Gasteiger partial charge in [-0.05, 0) is 29.3 Å². The standard InChI is InChI=1S/C21H19BrN2O3/c22-17-11-9-16(10-12-17)21(25)14-20(15-5-2-1-3-6-15)23-18-7-4-8-19(13-18)24(26)27/h1-13,20-21,23,25H,14H2. The van der Waals surface area contributed by atoms with Crippen LogP contribution in [0.5, 0.6) is 0 Å². The number of non-ortho nitro benzene ring substituents is 1. The van der Waals surface area contributed by atoms with Gasteiger partial charge in [-0.15, -0.1) is 0 Å². The Labute approximate surface area is 166 Å². The molecule has 27 heavy (non-hydrogen) atoms. The van der Waals surface area contributed by atoms with Gasteiger partial charge in [-0.2, -0.15) is 0 Å². The predicted molar refractivity (Wildman–Crippen MR) is 110 cm³/mol. The molecule has 0 aliphatic rings. The average Bonchev–Trinajstić information content (AvgIpc) is 2.69. The summed E-state index contributed by atoms with van der Waals surface area (Å²) >= 11 is 3.40. The first kappa shape index (κ1) is 19.1. The summed E-state index contributed by atoms with van der Waals surface area (Å²) in [6.45, 7) is 0. The van der Waals surface area contributed by atoms with Crippen LogP contribution in [0.4, 0.5) is 11.4 Å². The highest BCUT2D eigenvalue weighted by Crippen LogP contribution is 2.31. The van der Waals surface area contributed by atoms with E-state index in [0.717, 1.165) is 15.6 Å². The van der Waals surface area contributed by atoms with Gasteiger partial charge >= 0.3 is 0 Å². The van der Waals surface area contributed by atoms with E-state index in [9.17, 15) is 15.2 Å². The molecule has 2 N–H and O–H groups in total. The molecule has 0 aliphatic carbocycles. The molecule has 0 heterocycles. The van der Waals surface area contributed by atoms with Gasteiger partial charge in [0.15, 0.2) is 0 Å². The van der Waals surface area contributed by atoms with Crippen molar-refractivity contribution in [1.29, 1.82) is 0 Å². The molecule has 3 aromatic rings. The number of nitrogens with zero attached hydrogens (tertiary/aromatic N) is 1. The smallest absolute Gasteiger partial charge is 0.271 e. The van der Waals surface area contributed by atoms with Crippen LogP contribution >= 0.6 is 15.9 Å². The number of hydrogen-bond donors (Lipinski definition) is 2. The molecule has 2 atom stereocenters. The Hall–Kier alpha value is -2.70. The van der Waals surface area contributed by atoms with Gasteiger partial charge in [-0.25, -0.2) is 0 Å². The summed E-state index contributed by atoms with van der Waals surface area (Å²) in [4.78, 5) is 10.6. The SMILES string of the molecule is O=[N+]([O-])c1cccc(NC(CC(O)c2ccc(Br)cc2)c2ccccc2)c1. The third kappa shape index (κ3) is 5.15. The van der Waals surface area contributed by atoms with Crippen molar-refractivity contribution in [3.63, 3.8) is 0 Å². The van der Waals surface area contributed by atoms with Crippen molar-refractivity contribution in [3.8, 4) is 0 Å². The zero-order valence-electron chi connectivity index (χ0n) is 14.5. The van der Waals surface area contributed by atoms with Crippen LogP contribution in [0, 0.1) is 10.1 Å². The van der Waals surface area contributed by atoms with Crippen molar-refractivity contribution in [2.24, 2.45) is 0 Å². The van der Waals surface area contributed by atoms with E-state index >= 15 is 0 Å². The first-order chi connectivity index (χ1) is 13.0. The van der Waals surface area contributed by atoms with Gasteiger partial charge in [-0.3, -0.25) is 10.1 Å². The second-order valence-electron chi connectivity index (χ2n) is 6.22. The van der Waals surface area contributed by atoms with Gasteiger partial charge in [-0.1, -0.05) is 64.5 Å². The van der Waals surface area contributed by atoms with Crippen LogP contribution in [0.15, 0.2) is 83.3 Å². The minimum atomic E-state index is -0.672. The van der Waals surface area contributed by atoms with E-state index in [1.807, 2.05) is 54.6 Å². The Balaban J connectivity index is 1.84. The highest BCUT2D eigenvalue weighted by Gasteiger charge is 2.19. The fourth-order valence-electron chi connectivity index (χ4n) is 2.92. The minimum absolute atomic E-state index is 0.0280. The average molecular weight is 427 g/mol. The number of nitro groups is 1. The van der Waals surface area contributed by atoms with Crippen LogP contribution in [0.25, 0.3) is 0 Å². The lowest BCUT2D eigenvalue weighted by molar-refractivity contribution is -0.384. The second-order valence-corrected chi connectivity index (χ2v) is 7.13. The molecule has 3 rings (SSSR count). The normalized spacial score (nSPS) is 13.0. The van der Waals surface area contributed by atoms with Gasteiger partial charge in [0.05, 0.1) is 17.1 Å². The molecule has 0 amide bonds.